The van der Waals surface area contributed by atoms with Gasteiger partial charge < -0.3 is 10.4 Å². The molecule has 17 heavy (non-hydrogen) atoms. The van der Waals surface area contributed by atoms with Crippen LogP contribution in [-0.2, 0) is 4.79 Å². The largest absolute Gasteiger partial charge is 0.394 e. The predicted molar refractivity (Wildman–Crippen MR) is 70.9 cm³/mol. The lowest BCUT2D eigenvalue weighted by Gasteiger charge is -2.34. The maximum Gasteiger partial charge on any atom is 0.237 e. The summed E-state index contributed by atoms with van der Waals surface area (Å²) in [6.07, 6.45) is 2.53. The van der Waals surface area contributed by atoms with Crippen LogP contribution in [0, 0.1) is 0 Å². The van der Waals surface area contributed by atoms with Gasteiger partial charge in [0.25, 0.3) is 0 Å². The second kappa shape index (κ2) is 7.67. The number of aliphatic hydroxyl groups excluding tert-OH is 1. The predicted octanol–water partition coefficient (Wildman–Crippen LogP) is 1.43. The maximum absolute atomic E-state index is 11.9. The normalized spacial score (nSPS) is 15.4. The van der Waals surface area contributed by atoms with Crippen molar-refractivity contribution in [2.45, 2.75) is 71.5 Å². The Morgan fingerprint density at radius 1 is 1.24 bits per heavy atom. The average molecular weight is 244 g/mol. The van der Waals surface area contributed by atoms with Crippen LogP contribution in [0.3, 0.4) is 0 Å². The Bertz CT molecular complexity index is 219. The van der Waals surface area contributed by atoms with Crippen molar-refractivity contribution in [2.24, 2.45) is 0 Å². The van der Waals surface area contributed by atoms with Gasteiger partial charge in [0.1, 0.15) is 0 Å². The summed E-state index contributed by atoms with van der Waals surface area (Å²) in [5, 5.41) is 15.6. The number of nitrogens with one attached hydrogen (secondary N) is 2. The fraction of sp³-hybridized carbons (Fsp3) is 0.923. The Labute approximate surface area is 105 Å². The average Bonchev–Trinajstić information content (AvgIpc) is 2.35. The van der Waals surface area contributed by atoms with Gasteiger partial charge in [0, 0.05) is 11.6 Å². The van der Waals surface area contributed by atoms with E-state index >= 15 is 0 Å². The van der Waals surface area contributed by atoms with Crippen molar-refractivity contribution in [2.75, 3.05) is 6.61 Å². The van der Waals surface area contributed by atoms with Crippen LogP contribution in [-0.4, -0.2) is 35.2 Å². The van der Waals surface area contributed by atoms with E-state index in [0.29, 0.717) is 0 Å². The van der Waals surface area contributed by atoms with Crippen molar-refractivity contribution in [1.82, 2.24) is 10.6 Å². The minimum absolute atomic E-state index is 0.000856. The highest BCUT2D eigenvalue weighted by Gasteiger charge is 2.29. The van der Waals surface area contributed by atoms with Gasteiger partial charge >= 0.3 is 0 Å². The summed E-state index contributed by atoms with van der Waals surface area (Å²) in [6.45, 7) is 9.97. The van der Waals surface area contributed by atoms with Crippen molar-refractivity contribution < 1.29 is 9.90 Å². The number of carbonyl (C=O) groups excluding carboxylic acids is 1. The van der Waals surface area contributed by atoms with E-state index in [1.54, 1.807) is 0 Å². The van der Waals surface area contributed by atoms with Crippen LogP contribution in [0.5, 0.6) is 0 Å². The van der Waals surface area contributed by atoms with E-state index in [0.717, 1.165) is 19.3 Å². The monoisotopic (exact) mass is 244 g/mol. The van der Waals surface area contributed by atoms with Crippen LogP contribution in [0.15, 0.2) is 0 Å². The maximum atomic E-state index is 11.9. The van der Waals surface area contributed by atoms with Crippen LogP contribution in [0.25, 0.3) is 0 Å². The van der Waals surface area contributed by atoms with Gasteiger partial charge in [-0.2, -0.15) is 0 Å². The molecule has 0 aromatic carbocycles. The van der Waals surface area contributed by atoms with E-state index in [-0.39, 0.29) is 30.1 Å². The highest BCUT2D eigenvalue weighted by molar-refractivity contribution is 5.81. The number of carbonyl (C=O) groups is 1. The first-order valence-electron chi connectivity index (χ1n) is 6.63. The number of hydrogen-bond acceptors (Lipinski definition) is 3. The van der Waals surface area contributed by atoms with Crippen LogP contribution in [0.4, 0.5) is 0 Å². The molecular formula is C13H28N2O2. The third-order valence-electron chi connectivity index (χ3n) is 3.57. The lowest BCUT2D eigenvalue weighted by atomic mass is 9.93. The van der Waals surface area contributed by atoms with Gasteiger partial charge in [-0.3, -0.25) is 10.1 Å². The molecule has 0 aliphatic carbocycles. The highest BCUT2D eigenvalue weighted by Crippen LogP contribution is 2.15. The lowest BCUT2D eigenvalue weighted by Crippen LogP contribution is -2.56. The van der Waals surface area contributed by atoms with Gasteiger partial charge in [-0.05, 0) is 33.1 Å². The van der Waals surface area contributed by atoms with Gasteiger partial charge in [0.05, 0.1) is 12.6 Å². The van der Waals surface area contributed by atoms with Crippen molar-refractivity contribution in [1.29, 1.82) is 0 Å². The molecule has 2 unspecified atom stereocenters. The number of hydrogen-bond donors (Lipinski definition) is 3. The molecule has 0 bridgehead atoms. The van der Waals surface area contributed by atoms with Crippen LogP contribution in [0.2, 0.25) is 0 Å². The summed E-state index contributed by atoms with van der Waals surface area (Å²) in [6, 6.07) is -0.0884. The molecule has 1 amide bonds. The summed E-state index contributed by atoms with van der Waals surface area (Å²) in [5.74, 6) is -0.000856. The van der Waals surface area contributed by atoms with Crippen molar-refractivity contribution >= 4 is 5.91 Å². The molecule has 102 valence electrons. The van der Waals surface area contributed by atoms with Crippen LogP contribution >= 0.6 is 0 Å². The van der Waals surface area contributed by atoms with Crippen LogP contribution in [0.1, 0.15) is 53.9 Å². The summed E-state index contributed by atoms with van der Waals surface area (Å²) >= 11 is 0. The summed E-state index contributed by atoms with van der Waals surface area (Å²) in [4.78, 5) is 11.9. The molecule has 0 aromatic heterocycles. The van der Waals surface area contributed by atoms with Crippen molar-refractivity contribution in [3.05, 3.63) is 0 Å². The van der Waals surface area contributed by atoms with E-state index in [9.17, 15) is 9.90 Å². The highest BCUT2D eigenvalue weighted by atomic mass is 16.3. The van der Waals surface area contributed by atoms with Gasteiger partial charge in [-0.15, -0.1) is 0 Å². The Hall–Kier alpha value is -0.610. The molecule has 3 N–H and O–H groups in total. The SMILES string of the molecule is CCC(C)NC(=O)C(C)NC(CC)(CC)CO. The Morgan fingerprint density at radius 3 is 2.12 bits per heavy atom. The Morgan fingerprint density at radius 2 is 1.76 bits per heavy atom. The molecule has 0 aliphatic heterocycles. The summed E-state index contributed by atoms with van der Waals surface area (Å²) < 4.78 is 0. The minimum atomic E-state index is -0.341. The zero-order valence-electron chi connectivity index (χ0n) is 11.8. The lowest BCUT2D eigenvalue weighted by molar-refractivity contribution is -0.124. The van der Waals surface area contributed by atoms with Crippen molar-refractivity contribution in [3.8, 4) is 0 Å². The molecule has 0 saturated heterocycles. The van der Waals surface area contributed by atoms with E-state index in [1.165, 1.54) is 0 Å². The fourth-order valence-electron chi connectivity index (χ4n) is 1.72. The van der Waals surface area contributed by atoms with E-state index < -0.39 is 0 Å². The molecule has 0 rings (SSSR count). The molecule has 0 aliphatic rings. The van der Waals surface area contributed by atoms with E-state index in [1.807, 2.05) is 34.6 Å². The second-order valence-electron chi connectivity index (χ2n) is 4.83. The second-order valence-corrected chi connectivity index (χ2v) is 4.83. The standard InChI is InChI=1S/C13H28N2O2/c1-6-10(4)14-12(17)11(5)15-13(7-2,8-3)9-16/h10-11,15-16H,6-9H2,1-5H3,(H,14,17). The summed E-state index contributed by atoms with van der Waals surface area (Å²) in [7, 11) is 0. The number of rotatable bonds is 8. The molecule has 0 radical (unpaired) electrons. The number of aliphatic hydroxyl groups is 1. The minimum Gasteiger partial charge on any atom is -0.394 e. The quantitative estimate of drug-likeness (QED) is 0.605. The molecule has 4 heteroatoms. The van der Waals surface area contributed by atoms with Crippen molar-refractivity contribution in [3.63, 3.8) is 0 Å². The molecular weight excluding hydrogens is 216 g/mol. The molecule has 0 heterocycles. The first kappa shape index (κ1) is 16.4. The molecule has 4 nitrogen and oxygen atoms in total. The van der Waals surface area contributed by atoms with Gasteiger partial charge in [0.2, 0.25) is 5.91 Å². The zero-order chi connectivity index (χ0) is 13.5. The van der Waals surface area contributed by atoms with E-state index in [2.05, 4.69) is 10.6 Å². The number of amides is 1. The zero-order valence-corrected chi connectivity index (χ0v) is 11.8. The third kappa shape index (κ3) is 5.04. The van der Waals surface area contributed by atoms with E-state index in [4.69, 9.17) is 0 Å². The van der Waals surface area contributed by atoms with Crippen LogP contribution < -0.4 is 10.6 Å². The first-order valence-corrected chi connectivity index (χ1v) is 6.63. The Balaban J connectivity index is 4.40. The first-order chi connectivity index (χ1) is 7.94. The summed E-state index contributed by atoms with van der Waals surface area (Å²) in [5.41, 5.74) is -0.341. The van der Waals surface area contributed by atoms with Gasteiger partial charge in [-0.25, -0.2) is 0 Å². The molecule has 0 spiro atoms. The Kier molecular flexibility index (Phi) is 7.39. The van der Waals surface area contributed by atoms with Gasteiger partial charge in [-0.1, -0.05) is 20.8 Å². The fourth-order valence-corrected chi connectivity index (χ4v) is 1.72. The molecule has 0 fully saturated rings. The topological polar surface area (TPSA) is 61.4 Å². The molecule has 0 saturated carbocycles. The molecule has 2 atom stereocenters. The van der Waals surface area contributed by atoms with Gasteiger partial charge in [0.15, 0.2) is 0 Å². The third-order valence-corrected chi connectivity index (χ3v) is 3.57. The smallest absolute Gasteiger partial charge is 0.237 e. The molecule has 0 aromatic rings.